The molecule has 1 saturated carbocycles. The van der Waals surface area contributed by atoms with Gasteiger partial charge in [-0.05, 0) is 43.5 Å². The predicted molar refractivity (Wildman–Crippen MR) is 106 cm³/mol. The number of aromatic nitrogens is 2. The van der Waals surface area contributed by atoms with Gasteiger partial charge in [0, 0.05) is 11.6 Å². The molecule has 1 heterocycles. The summed E-state index contributed by atoms with van der Waals surface area (Å²) in [6.07, 6.45) is 4.25. The van der Waals surface area contributed by atoms with Crippen molar-refractivity contribution in [3.8, 4) is 0 Å². The standard InChI is InChI=1S/C22H23N3O2/c1-15-8-2-5-11-17(15)22(27)25(16-9-3-4-10-16)14-20-23-19-13-7-6-12-18(19)21(26)24-20/h2,5-8,11-13,16H,3-4,9-10,14H2,1H3,(H,23,24,26). The minimum Gasteiger partial charge on any atom is -0.328 e. The van der Waals surface area contributed by atoms with Gasteiger partial charge < -0.3 is 9.88 Å². The lowest BCUT2D eigenvalue weighted by Gasteiger charge is -2.29. The first-order valence-electron chi connectivity index (χ1n) is 9.48. The number of hydrogen-bond donors (Lipinski definition) is 1. The molecule has 3 aromatic rings. The van der Waals surface area contributed by atoms with Crippen molar-refractivity contribution in [1.29, 1.82) is 0 Å². The number of nitrogens with one attached hydrogen (secondary N) is 1. The maximum absolute atomic E-state index is 13.3. The Morgan fingerprint density at radius 2 is 1.81 bits per heavy atom. The fourth-order valence-corrected chi connectivity index (χ4v) is 3.92. The molecule has 1 amide bonds. The lowest BCUT2D eigenvalue weighted by atomic mass is 10.1. The second-order valence-corrected chi connectivity index (χ2v) is 7.22. The number of para-hydroxylation sites is 1. The Hall–Kier alpha value is -2.95. The molecule has 0 atom stereocenters. The van der Waals surface area contributed by atoms with Crippen molar-refractivity contribution >= 4 is 16.8 Å². The van der Waals surface area contributed by atoms with Crippen LogP contribution < -0.4 is 5.56 Å². The Bertz CT molecular complexity index is 1030. The van der Waals surface area contributed by atoms with Crippen molar-refractivity contribution in [3.63, 3.8) is 0 Å². The van der Waals surface area contributed by atoms with Gasteiger partial charge >= 0.3 is 0 Å². The van der Waals surface area contributed by atoms with E-state index >= 15 is 0 Å². The van der Waals surface area contributed by atoms with Crippen LogP contribution in [0.25, 0.3) is 10.9 Å². The van der Waals surface area contributed by atoms with Crippen LogP contribution >= 0.6 is 0 Å². The average Bonchev–Trinajstić information content (AvgIpc) is 3.20. The van der Waals surface area contributed by atoms with E-state index in [4.69, 9.17) is 0 Å². The van der Waals surface area contributed by atoms with Crippen molar-refractivity contribution in [2.24, 2.45) is 0 Å². The number of benzene rings is 2. The molecule has 5 heteroatoms. The highest BCUT2D eigenvalue weighted by atomic mass is 16.2. The third-order valence-corrected chi connectivity index (χ3v) is 5.38. The third kappa shape index (κ3) is 3.50. The molecule has 138 valence electrons. The molecule has 2 aromatic carbocycles. The Balaban J connectivity index is 1.71. The highest BCUT2D eigenvalue weighted by molar-refractivity contribution is 5.95. The average molecular weight is 361 g/mol. The number of amides is 1. The Kier molecular flexibility index (Phi) is 4.75. The summed E-state index contributed by atoms with van der Waals surface area (Å²) in [6, 6.07) is 15.1. The van der Waals surface area contributed by atoms with Crippen LogP contribution in [0.5, 0.6) is 0 Å². The van der Waals surface area contributed by atoms with Gasteiger partial charge in [0.1, 0.15) is 5.82 Å². The van der Waals surface area contributed by atoms with Crippen LogP contribution in [0.15, 0.2) is 53.3 Å². The molecule has 27 heavy (non-hydrogen) atoms. The quantitative estimate of drug-likeness (QED) is 0.768. The summed E-state index contributed by atoms with van der Waals surface area (Å²) < 4.78 is 0. The Morgan fingerprint density at radius 3 is 2.59 bits per heavy atom. The number of aryl methyl sites for hydroxylation is 1. The fourth-order valence-electron chi connectivity index (χ4n) is 3.92. The summed E-state index contributed by atoms with van der Waals surface area (Å²) in [6.45, 7) is 2.27. The van der Waals surface area contributed by atoms with Crippen LogP contribution in [-0.2, 0) is 6.54 Å². The van der Waals surface area contributed by atoms with Crippen molar-refractivity contribution in [2.45, 2.75) is 45.2 Å². The van der Waals surface area contributed by atoms with Crippen LogP contribution in [0.1, 0.15) is 47.4 Å². The topological polar surface area (TPSA) is 66.1 Å². The summed E-state index contributed by atoms with van der Waals surface area (Å²) in [5.74, 6) is 0.545. The van der Waals surface area contributed by atoms with E-state index in [1.807, 2.05) is 54.3 Å². The molecule has 1 aromatic heterocycles. The summed E-state index contributed by atoms with van der Waals surface area (Å²) in [5.41, 5.74) is 2.18. The van der Waals surface area contributed by atoms with E-state index in [2.05, 4.69) is 9.97 Å². The molecule has 1 N–H and O–H groups in total. The molecule has 0 bridgehead atoms. The summed E-state index contributed by atoms with van der Waals surface area (Å²) in [7, 11) is 0. The number of H-pyrrole nitrogens is 1. The number of carbonyl (C=O) groups is 1. The molecule has 0 unspecified atom stereocenters. The monoisotopic (exact) mass is 361 g/mol. The van der Waals surface area contributed by atoms with Crippen LogP contribution in [0.3, 0.4) is 0 Å². The van der Waals surface area contributed by atoms with Gasteiger partial charge in [-0.25, -0.2) is 4.98 Å². The molecule has 0 aliphatic heterocycles. The van der Waals surface area contributed by atoms with E-state index in [9.17, 15) is 9.59 Å². The van der Waals surface area contributed by atoms with Crippen LogP contribution in [0.2, 0.25) is 0 Å². The molecule has 5 nitrogen and oxygen atoms in total. The van der Waals surface area contributed by atoms with E-state index in [0.717, 1.165) is 31.2 Å². The summed E-state index contributed by atoms with van der Waals surface area (Å²) in [4.78, 5) is 35.1. The number of hydrogen-bond acceptors (Lipinski definition) is 3. The molecule has 4 rings (SSSR count). The number of rotatable bonds is 4. The SMILES string of the molecule is Cc1ccccc1C(=O)N(Cc1nc2ccccc2c(=O)[nH]1)C1CCCC1. The Labute approximate surface area is 158 Å². The van der Waals surface area contributed by atoms with Gasteiger partial charge in [-0.2, -0.15) is 0 Å². The molecule has 0 spiro atoms. The number of carbonyl (C=O) groups excluding carboxylic acids is 1. The number of nitrogens with zero attached hydrogens (tertiary/aromatic N) is 2. The van der Waals surface area contributed by atoms with E-state index in [0.29, 0.717) is 28.8 Å². The lowest BCUT2D eigenvalue weighted by molar-refractivity contribution is 0.0658. The molecular weight excluding hydrogens is 338 g/mol. The van der Waals surface area contributed by atoms with E-state index in [1.165, 1.54) is 0 Å². The first-order valence-corrected chi connectivity index (χ1v) is 9.48. The second-order valence-electron chi connectivity index (χ2n) is 7.22. The minimum absolute atomic E-state index is 0.0100. The number of fused-ring (bicyclic) bond motifs is 1. The molecule has 1 aliphatic rings. The predicted octanol–water partition coefficient (Wildman–Crippen LogP) is 3.82. The van der Waals surface area contributed by atoms with Gasteiger partial charge in [0.15, 0.2) is 0 Å². The first kappa shape index (κ1) is 17.5. The molecular formula is C22H23N3O2. The molecule has 0 radical (unpaired) electrons. The van der Waals surface area contributed by atoms with Gasteiger partial charge in [-0.1, -0.05) is 43.2 Å². The smallest absolute Gasteiger partial charge is 0.258 e. The molecule has 1 aliphatic carbocycles. The van der Waals surface area contributed by atoms with Crippen LogP contribution in [-0.4, -0.2) is 26.8 Å². The normalized spacial score (nSPS) is 14.6. The van der Waals surface area contributed by atoms with Crippen molar-refractivity contribution in [2.75, 3.05) is 0 Å². The second kappa shape index (κ2) is 7.35. The van der Waals surface area contributed by atoms with Gasteiger partial charge in [0.05, 0.1) is 17.4 Å². The largest absolute Gasteiger partial charge is 0.328 e. The summed E-state index contributed by atoms with van der Waals surface area (Å²) >= 11 is 0. The Morgan fingerprint density at radius 1 is 1.11 bits per heavy atom. The van der Waals surface area contributed by atoms with Crippen molar-refractivity contribution in [1.82, 2.24) is 14.9 Å². The lowest BCUT2D eigenvalue weighted by Crippen LogP contribution is -2.39. The molecule has 1 fully saturated rings. The number of aromatic amines is 1. The highest BCUT2D eigenvalue weighted by Crippen LogP contribution is 2.26. The highest BCUT2D eigenvalue weighted by Gasteiger charge is 2.29. The van der Waals surface area contributed by atoms with E-state index in [-0.39, 0.29) is 17.5 Å². The maximum Gasteiger partial charge on any atom is 0.258 e. The van der Waals surface area contributed by atoms with E-state index in [1.54, 1.807) is 6.07 Å². The van der Waals surface area contributed by atoms with Gasteiger partial charge in [-0.3, -0.25) is 9.59 Å². The van der Waals surface area contributed by atoms with Gasteiger partial charge in [0.2, 0.25) is 0 Å². The van der Waals surface area contributed by atoms with Crippen molar-refractivity contribution in [3.05, 3.63) is 75.8 Å². The van der Waals surface area contributed by atoms with Gasteiger partial charge in [-0.15, -0.1) is 0 Å². The van der Waals surface area contributed by atoms with E-state index < -0.39 is 0 Å². The van der Waals surface area contributed by atoms with Crippen LogP contribution in [0, 0.1) is 6.92 Å². The van der Waals surface area contributed by atoms with Crippen molar-refractivity contribution < 1.29 is 4.79 Å². The van der Waals surface area contributed by atoms with Gasteiger partial charge in [0.25, 0.3) is 11.5 Å². The minimum atomic E-state index is -0.162. The first-order chi connectivity index (χ1) is 13.1. The zero-order chi connectivity index (χ0) is 18.8. The fraction of sp³-hybridized carbons (Fsp3) is 0.318. The zero-order valence-electron chi connectivity index (χ0n) is 15.4. The molecule has 0 saturated heterocycles. The zero-order valence-corrected chi connectivity index (χ0v) is 15.4. The maximum atomic E-state index is 13.3. The summed E-state index contributed by atoms with van der Waals surface area (Å²) in [5, 5.41) is 0.568. The van der Waals surface area contributed by atoms with Crippen LogP contribution in [0.4, 0.5) is 0 Å². The third-order valence-electron chi connectivity index (χ3n) is 5.38.